The zero-order chi connectivity index (χ0) is 16.0. The first-order chi connectivity index (χ1) is 9.81. The van der Waals surface area contributed by atoms with Crippen LogP contribution in [0.4, 0.5) is 4.79 Å². The van der Waals surface area contributed by atoms with E-state index in [9.17, 15) is 9.36 Å². The highest BCUT2D eigenvalue weighted by molar-refractivity contribution is 7.57. The van der Waals surface area contributed by atoms with Gasteiger partial charge in [-0.25, -0.2) is 9.46 Å². The third kappa shape index (κ3) is 4.95. The van der Waals surface area contributed by atoms with E-state index < -0.39 is 13.6 Å². The van der Waals surface area contributed by atoms with E-state index in [2.05, 4.69) is 0 Å². The van der Waals surface area contributed by atoms with Crippen LogP contribution >= 0.6 is 7.52 Å². The molecule has 0 aromatic heterocycles. The fourth-order valence-electron chi connectivity index (χ4n) is 2.20. The van der Waals surface area contributed by atoms with Crippen molar-refractivity contribution >= 4 is 13.6 Å². The Morgan fingerprint density at radius 3 is 2.19 bits per heavy atom. The number of ether oxygens (including phenoxy) is 1. The Bertz CT molecular complexity index is 381. The van der Waals surface area contributed by atoms with Crippen LogP contribution < -0.4 is 0 Å². The number of rotatable bonds is 6. The Morgan fingerprint density at radius 2 is 1.76 bits per heavy atom. The van der Waals surface area contributed by atoms with E-state index in [1.54, 1.807) is 4.90 Å². The molecule has 0 aromatic carbocycles. The van der Waals surface area contributed by atoms with Gasteiger partial charge in [-0.3, -0.25) is 4.57 Å². The molecule has 0 radical (unpaired) electrons. The monoisotopic (exact) mass is 322 g/mol. The number of aliphatic hydroxyl groups is 1. The van der Waals surface area contributed by atoms with E-state index in [4.69, 9.17) is 14.4 Å². The summed E-state index contributed by atoms with van der Waals surface area (Å²) < 4.78 is 25.5. The van der Waals surface area contributed by atoms with Crippen molar-refractivity contribution in [2.45, 2.75) is 39.5 Å². The summed E-state index contributed by atoms with van der Waals surface area (Å²) in [6.45, 7) is 9.24. The van der Waals surface area contributed by atoms with Gasteiger partial charge in [0.15, 0.2) is 0 Å². The molecule has 0 aliphatic carbocycles. The maximum absolute atomic E-state index is 13.1. The van der Waals surface area contributed by atoms with Crippen molar-refractivity contribution in [3.8, 4) is 0 Å². The van der Waals surface area contributed by atoms with E-state index in [1.165, 1.54) is 0 Å². The summed E-state index contributed by atoms with van der Waals surface area (Å²) in [7, 11) is -2.89. The van der Waals surface area contributed by atoms with Gasteiger partial charge < -0.3 is 19.3 Å². The lowest BCUT2D eigenvalue weighted by Gasteiger charge is -2.40. The predicted molar refractivity (Wildman–Crippen MR) is 80.5 cm³/mol. The molecule has 1 aliphatic rings. The van der Waals surface area contributed by atoms with Gasteiger partial charge in [-0.1, -0.05) is 13.8 Å². The third-order valence-corrected chi connectivity index (χ3v) is 6.46. The molecule has 1 saturated heterocycles. The van der Waals surface area contributed by atoms with Crippen molar-refractivity contribution in [2.75, 3.05) is 39.4 Å². The lowest BCUT2D eigenvalue weighted by atomic mass is 10.4. The summed E-state index contributed by atoms with van der Waals surface area (Å²) in [4.78, 5) is 13.3. The minimum absolute atomic E-state index is 0.00000468. The fourth-order valence-corrected chi connectivity index (χ4v) is 4.57. The lowest BCUT2D eigenvalue weighted by Crippen LogP contribution is -2.48. The van der Waals surface area contributed by atoms with Crippen LogP contribution in [0.1, 0.15) is 27.7 Å². The van der Waals surface area contributed by atoms with Gasteiger partial charge in [-0.15, -0.1) is 0 Å². The molecule has 1 amide bonds. The maximum atomic E-state index is 13.1. The second-order valence-electron chi connectivity index (χ2n) is 5.59. The summed E-state index contributed by atoms with van der Waals surface area (Å²) in [5.41, 5.74) is -0.0900. The standard InChI is InChI=1S/C13H27N2O5P/c1-11(2)20-21(18,12(3)4)15-7-5-14(6-8-15)13(17)19-10-9-16/h11-12,16H,5-10H2,1-4H3. The average Bonchev–Trinajstić information content (AvgIpc) is 2.43. The van der Waals surface area contributed by atoms with Gasteiger partial charge in [0, 0.05) is 31.8 Å². The van der Waals surface area contributed by atoms with Gasteiger partial charge >= 0.3 is 6.09 Å². The fraction of sp³-hybridized carbons (Fsp3) is 0.923. The molecule has 1 unspecified atom stereocenters. The van der Waals surface area contributed by atoms with Crippen LogP contribution in [-0.4, -0.2) is 71.9 Å². The summed E-state index contributed by atoms with van der Waals surface area (Å²) in [5, 5.41) is 8.65. The highest BCUT2D eigenvalue weighted by Gasteiger charge is 2.38. The van der Waals surface area contributed by atoms with Crippen LogP contribution in [0.5, 0.6) is 0 Å². The minimum atomic E-state index is -2.89. The molecule has 1 rings (SSSR count). The zero-order valence-electron chi connectivity index (χ0n) is 13.3. The van der Waals surface area contributed by atoms with E-state index in [1.807, 2.05) is 32.4 Å². The molecule has 1 atom stereocenters. The van der Waals surface area contributed by atoms with Crippen LogP contribution in [0.15, 0.2) is 0 Å². The minimum Gasteiger partial charge on any atom is -0.447 e. The number of amides is 1. The highest BCUT2D eigenvalue weighted by atomic mass is 31.2. The van der Waals surface area contributed by atoms with Gasteiger partial charge in [0.1, 0.15) is 6.61 Å². The lowest BCUT2D eigenvalue weighted by molar-refractivity contribution is 0.0712. The molecule has 1 aliphatic heterocycles. The summed E-state index contributed by atoms with van der Waals surface area (Å²) in [6.07, 6.45) is -0.543. The number of hydrogen-bond acceptors (Lipinski definition) is 5. The van der Waals surface area contributed by atoms with Gasteiger partial charge in [-0.05, 0) is 13.8 Å². The maximum Gasteiger partial charge on any atom is 0.409 e. The Kier molecular flexibility index (Phi) is 7.13. The van der Waals surface area contributed by atoms with Crippen molar-refractivity contribution in [3.63, 3.8) is 0 Å². The smallest absolute Gasteiger partial charge is 0.409 e. The Morgan fingerprint density at radius 1 is 1.19 bits per heavy atom. The van der Waals surface area contributed by atoms with E-state index in [0.29, 0.717) is 26.2 Å². The normalized spacial score (nSPS) is 19.9. The van der Waals surface area contributed by atoms with Crippen LogP contribution in [0, 0.1) is 0 Å². The molecular formula is C13H27N2O5P. The summed E-state index contributed by atoms with van der Waals surface area (Å²) in [5.74, 6) is 0. The molecule has 7 nitrogen and oxygen atoms in total. The molecule has 124 valence electrons. The molecule has 1 fully saturated rings. The van der Waals surface area contributed by atoms with E-state index in [0.717, 1.165) is 0 Å². The number of carbonyl (C=O) groups excluding carboxylic acids is 1. The quantitative estimate of drug-likeness (QED) is 0.751. The van der Waals surface area contributed by atoms with Crippen molar-refractivity contribution in [1.82, 2.24) is 9.57 Å². The van der Waals surface area contributed by atoms with E-state index >= 15 is 0 Å². The van der Waals surface area contributed by atoms with Gasteiger partial charge in [0.25, 0.3) is 7.52 Å². The number of nitrogens with zero attached hydrogens (tertiary/aromatic N) is 2. The molecule has 0 spiro atoms. The highest BCUT2D eigenvalue weighted by Crippen LogP contribution is 2.56. The van der Waals surface area contributed by atoms with Crippen molar-refractivity contribution in [3.05, 3.63) is 0 Å². The van der Waals surface area contributed by atoms with Gasteiger partial charge in [-0.2, -0.15) is 0 Å². The first-order valence-electron chi connectivity index (χ1n) is 7.37. The zero-order valence-corrected chi connectivity index (χ0v) is 14.2. The van der Waals surface area contributed by atoms with E-state index in [-0.39, 0.29) is 25.0 Å². The van der Waals surface area contributed by atoms with Crippen molar-refractivity contribution in [2.24, 2.45) is 0 Å². The number of hydrogen-bond donors (Lipinski definition) is 1. The molecule has 0 saturated carbocycles. The molecule has 21 heavy (non-hydrogen) atoms. The molecule has 1 N–H and O–H groups in total. The molecular weight excluding hydrogens is 295 g/mol. The largest absolute Gasteiger partial charge is 0.447 e. The Labute approximate surface area is 126 Å². The number of aliphatic hydroxyl groups excluding tert-OH is 1. The second-order valence-corrected chi connectivity index (χ2v) is 8.53. The molecule has 8 heteroatoms. The van der Waals surface area contributed by atoms with Crippen molar-refractivity contribution < 1.29 is 23.7 Å². The Hall–Kier alpha value is -0.620. The molecule has 0 aromatic rings. The third-order valence-electron chi connectivity index (χ3n) is 3.24. The van der Waals surface area contributed by atoms with Crippen LogP contribution in [-0.2, 0) is 13.8 Å². The van der Waals surface area contributed by atoms with Gasteiger partial charge in [0.05, 0.1) is 12.7 Å². The average molecular weight is 322 g/mol. The summed E-state index contributed by atoms with van der Waals surface area (Å²) in [6, 6.07) is 0. The summed E-state index contributed by atoms with van der Waals surface area (Å²) >= 11 is 0. The van der Waals surface area contributed by atoms with Gasteiger partial charge in [0.2, 0.25) is 0 Å². The molecule has 0 bridgehead atoms. The molecule has 1 heterocycles. The second kappa shape index (κ2) is 8.13. The SMILES string of the molecule is CC(C)OP(=O)(C(C)C)N1CCN(C(=O)OCCO)CC1. The number of piperazine rings is 1. The van der Waals surface area contributed by atoms with Crippen LogP contribution in [0.25, 0.3) is 0 Å². The van der Waals surface area contributed by atoms with Crippen LogP contribution in [0.2, 0.25) is 0 Å². The first-order valence-corrected chi connectivity index (χ1v) is 9.02. The van der Waals surface area contributed by atoms with Crippen molar-refractivity contribution in [1.29, 1.82) is 0 Å². The Balaban J connectivity index is 2.61. The number of carbonyl (C=O) groups is 1. The topological polar surface area (TPSA) is 79.3 Å². The van der Waals surface area contributed by atoms with Crippen LogP contribution in [0.3, 0.4) is 0 Å². The predicted octanol–water partition coefficient (Wildman–Crippen LogP) is 1.76. The first kappa shape index (κ1) is 18.4.